The van der Waals surface area contributed by atoms with Gasteiger partial charge >= 0.3 is 0 Å². The predicted octanol–water partition coefficient (Wildman–Crippen LogP) is 4.43. The van der Waals surface area contributed by atoms with Gasteiger partial charge < -0.3 is 5.32 Å². The van der Waals surface area contributed by atoms with E-state index in [0.29, 0.717) is 0 Å². The summed E-state index contributed by atoms with van der Waals surface area (Å²) in [5, 5.41) is 2.87. The maximum atomic E-state index is 13.5. The van der Waals surface area contributed by atoms with Gasteiger partial charge in [-0.3, -0.25) is 9.52 Å². The number of anilines is 1. The molecule has 0 aliphatic rings. The molecule has 0 heterocycles. The number of hydrogen-bond acceptors (Lipinski definition) is 3. The fraction of sp³-hybridized carbons (Fsp3) is 0.136. The van der Waals surface area contributed by atoms with Gasteiger partial charge in [-0.1, -0.05) is 42.5 Å². The largest absolute Gasteiger partial charge is 0.345 e. The Kier molecular flexibility index (Phi) is 5.98. The van der Waals surface area contributed by atoms with Crippen molar-refractivity contribution in [2.24, 2.45) is 0 Å². The zero-order valence-corrected chi connectivity index (χ0v) is 16.8. The van der Waals surface area contributed by atoms with E-state index in [9.17, 15) is 17.6 Å². The fourth-order valence-electron chi connectivity index (χ4n) is 2.86. The minimum Gasteiger partial charge on any atom is -0.345 e. The van der Waals surface area contributed by atoms with E-state index < -0.39 is 21.7 Å². The number of para-hydroxylation sites is 1. The standard InChI is InChI=1S/C22H21FN2O3S/c1-15-14-18(12-13-20(15)23)29(27,28)25-21-11-7-6-10-19(21)22(26)24-16(2)17-8-4-3-5-9-17/h3-14,16,25H,1-2H3,(H,24,26). The van der Waals surface area contributed by atoms with Crippen molar-refractivity contribution in [3.8, 4) is 0 Å². The minimum atomic E-state index is -3.99. The molecule has 7 heteroatoms. The van der Waals surface area contributed by atoms with Crippen molar-refractivity contribution in [3.05, 3.63) is 95.3 Å². The molecule has 0 fully saturated rings. The third-order valence-electron chi connectivity index (χ3n) is 4.50. The average molecular weight is 412 g/mol. The maximum absolute atomic E-state index is 13.5. The second-order valence-electron chi connectivity index (χ2n) is 6.67. The molecule has 1 atom stereocenters. The van der Waals surface area contributed by atoms with Gasteiger partial charge in [0.05, 0.1) is 22.2 Å². The first kappa shape index (κ1) is 20.5. The van der Waals surface area contributed by atoms with Crippen molar-refractivity contribution in [2.75, 3.05) is 4.72 Å². The van der Waals surface area contributed by atoms with Gasteiger partial charge in [-0.15, -0.1) is 0 Å². The zero-order valence-electron chi connectivity index (χ0n) is 16.0. The van der Waals surface area contributed by atoms with Crippen LogP contribution in [0.25, 0.3) is 0 Å². The molecule has 3 rings (SSSR count). The lowest BCUT2D eigenvalue weighted by Crippen LogP contribution is -2.28. The number of halogens is 1. The Morgan fingerprint density at radius 1 is 0.966 bits per heavy atom. The van der Waals surface area contributed by atoms with Gasteiger partial charge in [-0.2, -0.15) is 0 Å². The van der Waals surface area contributed by atoms with Crippen LogP contribution in [-0.4, -0.2) is 14.3 Å². The predicted molar refractivity (Wildman–Crippen MR) is 111 cm³/mol. The number of rotatable bonds is 6. The first-order valence-corrected chi connectivity index (χ1v) is 10.5. The lowest BCUT2D eigenvalue weighted by molar-refractivity contribution is 0.0941. The van der Waals surface area contributed by atoms with Crippen LogP contribution in [-0.2, 0) is 10.0 Å². The highest BCUT2D eigenvalue weighted by Crippen LogP contribution is 2.22. The van der Waals surface area contributed by atoms with Crippen LogP contribution in [0.5, 0.6) is 0 Å². The van der Waals surface area contributed by atoms with Gasteiger partial charge in [-0.25, -0.2) is 12.8 Å². The van der Waals surface area contributed by atoms with Crippen LogP contribution in [0.1, 0.15) is 34.5 Å². The van der Waals surface area contributed by atoms with E-state index >= 15 is 0 Å². The Balaban J connectivity index is 1.85. The molecule has 2 N–H and O–H groups in total. The molecule has 0 saturated heterocycles. The van der Waals surface area contributed by atoms with Gasteiger partial charge in [0, 0.05) is 0 Å². The number of nitrogens with one attached hydrogen (secondary N) is 2. The van der Waals surface area contributed by atoms with Gasteiger partial charge in [0.1, 0.15) is 5.82 Å². The van der Waals surface area contributed by atoms with Crippen LogP contribution < -0.4 is 10.0 Å². The Hall–Kier alpha value is -3.19. The molecule has 0 aliphatic carbocycles. The maximum Gasteiger partial charge on any atom is 0.261 e. The second kappa shape index (κ2) is 8.45. The molecular weight excluding hydrogens is 391 g/mol. The van der Waals surface area contributed by atoms with E-state index in [1.54, 1.807) is 18.2 Å². The van der Waals surface area contributed by atoms with E-state index in [1.165, 1.54) is 25.1 Å². The fourth-order valence-corrected chi connectivity index (χ4v) is 4.02. The molecular formula is C22H21FN2O3S. The monoisotopic (exact) mass is 412 g/mol. The highest BCUT2D eigenvalue weighted by atomic mass is 32.2. The van der Waals surface area contributed by atoms with Gasteiger partial charge in [0.2, 0.25) is 0 Å². The van der Waals surface area contributed by atoms with Crippen LogP contribution in [0.4, 0.5) is 10.1 Å². The summed E-state index contributed by atoms with van der Waals surface area (Å²) < 4.78 is 41.3. The summed E-state index contributed by atoms with van der Waals surface area (Å²) in [4.78, 5) is 12.7. The summed E-state index contributed by atoms with van der Waals surface area (Å²) in [5.74, 6) is -0.895. The van der Waals surface area contributed by atoms with Crippen molar-refractivity contribution < 1.29 is 17.6 Å². The molecule has 3 aromatic carbocycles. The SMILES string of the molecule is Cc1cc(S(=O)(=O)Nc2ccccc2C(=O)NC(C)c2ccccc2)ccc1F. The summed E-state index contributed by atoms with van der Waals surface area (Å²) in [6, 6.07) is 19.1. The number of sulfonamides is 1. The highest BCUT2D eigenvalue weighted by Gasteiger charge is 2.20. The lowest BCUT2D eigenvalue weighted by atomic mass is 10.1. The van der Waals surface area contributed by atoms with Crippen molar-refractivity contribution in [3.63, 3.8) is 0 Å². The molecule has 0 aliphatic heterocycles. The lowest BCUT2D eigenvalue weighted by Gasteiger charge is -2.17. The molecule has 29 heavy (non-hydrogen) atoms. The van der Waals surface area contributed by atoms with E-state index in [2.05, 4.69) is 10.0 Å². The highest BCUT2D eigenvalue weighted by molar-refractivity contribution is 7.92. The topological polar surface area (TPSA) is 75.3 Å². The average Bonchev–Trinajstić information content (AvgIpc) is 2.70. The van der Waals surface area contributed by atoms with Crippen LogP contribution in [0.3, 0.4) is 0 Å². The normalized spacial score (nSPS) is 12.2. The van der Waals surface area contributed by atoms with E-state index in [-0.39, 0.29) is 27.8 Å². The number of carbonyl (C=O) groups excluding carboxylic acids is 1. The van der Waals surface area contributed by atoms with Crippen molar-refractivity contribution >= 4 is 21.6 Å². The molecule has 1 amide bonds. The summed E-state index contributed by atoms with van der Waals surface area (Å²) in [7, 11) is -3.99. The molecule has 0 aromatic heterocycles. The van der Waals surface area contributed by atoms with Gasteiger partial charge in [0.25, 0.3) is 15.9 Å². The first-order valence-electron chi connectivity index (χ1n) is 9.02. The molecule has 3 aromatic rings. The quantitative estimate of drug-likeness (QED) is 0.629. The summed E-state index contributed by atoms with van der Waals surface area (Å²) in [5.41, 5.74) is 1.49. The zero-order chi connectivity index (χ0) is 21.0. The Labute approximate surface area is 169 Å². The molecule has 0 saturated carbocycles. The second-order valence-corrected chi connectivity index (χ2v) is 8.35. The molecule has 5 nitrogen and oxygen atoms in total. The number of aryl methyl sites for hydroxylation is 1. The van der Waals surface area contributed by atoms with Crippen molar-refractivity contribution in [1.29, 1.82) is 0 Å². The Morgan fingerprint density at radius 3 is 2.31 bits per heavy atom. The molecule has 0 spiro atoms. The molecule has 1 unspecified atom stereocenters. The van der Waals surface area contributed by atoms with Crippen LogP contribution >= 0.6 is 0 Å². The number of amides is 1. The Bertz CT molecular complexity index is 1130. The van der Waals surface area contributed by atoms with Crippen LogP contribution in [0.15, 0.2) is 77.7 Å². The van der Waals surface area contributed by atoms with Crippen molar-refractivity contribution in [1.82, 2.24) is 5.32 Å². The third-order valence-corrected chi connectivity index (χ3v) is 5.87. The number of hydrogen-bond donors (Lipinski definition) is 2. The summed E-state index contributed by atoms with van der Waals surface area (Å²) in [6.07, 6.45) is 0. The molecule has 0 radical (unpaired) electrons. The first-order chi connectivity index (χ1) is 13.8. The number of carbonyl (C=O) groups is 1. The van der Waals surface area contributed by atoms with E-state index in [1.807, 2.05) is 37.3 Å². The summed E-state index contributed by atoms with van der Waals surface area (Å²) >= 11 is 0. The van der Waals surface area contributed by atoms with Crippen LogP contribution in [0.2, 0.25) is 0 Å². The third kappa shape index (κ3) is 4.81. The minimum absolute atomic E-state index is 0.0794. The summed E-state index contributed by atoms with van der Waals surface area (Å²) in [6.45, 7) is 3.34. The van der Waals surface area contributed by atoms with E-state index in [0.717, 1.165) is 11.6 Å². The molecule has 0 bridgehead atoms. The van der Waals surface area contributed by atoms with E-state index in [4.69, 9.17) is 0 Å². The molecule has 150 valence electrons. The Morgan fingerprint density at radius 2 is 1.62 bits per heavy atom. The smallest absolute Gasteiger partial charge is 0.261 e. The van der Waals surface area contributed by atoms with Crippen molar-refractivity contribution in [2.45, 2.75) is 24.8 Å². The van der Waals surface area contributed by atoms with Gasteiger partial charge in [-0.05, 0) is 55.3 Å². The number of benzene rings is 3. The van der Waals surface area contributed by atoms with Gasteiger partial charge in [0.15, 0.2) is 0 Å². The van der Waals surface area contributed by atoms with Crippen LogP contribution in [0, 0.1) is 12.7 Å².